The van der Waals surface area contributed by atoms with Gasteiger partial charge in [-0.1, -0.05) is 18.9 Å². The van der Waals surface area contributed by atoms with Gasteiger partial charge in [0.2, 0.25) is 5.67 Å². The largest absolute Gasteiger partial charge is 0.481 e. The van der Waals surface area contributed by atoms with Crippen LogP contribution in [0.4, 0.5) is 27.6 Å². The molecule has 3 saturated heterocycles. The summed E-state index contributed by atoms with van der Waals surface area (Å²) in [5.41, 5.74) is -1.98. The van der Waals surface area contributed by atoms with Gasteiger partial charge in [-0.3, -0.25) is 19.5 Å². The van der Waals surface area contributed by atoms with E-state index >= 15 is 4.39 Å². The van der Waals surface area contributed by atoms with Crippen LogP contribution in [0.2, 0.25) is 0 Å². The van der Waals surface area contributed by atoms with Crippen molar-refractivity contribution in [3.8, 4) is 0 Å². The fourth-order valence-corrected chi connectivity index (χ4v) is 8.37. The number of ether oxygens (including phenoxy) is 1. The molecular formula is C34H41F5N4O4. The number of rotatable bonds is 8. The summed E-state index contributed by atoms with van der Waals surface area (Å²) in [6.07, 6.45) is 2.39. The van der Waals surface area contributed by atoms with Crippen molar-refractivity contribution in [3.63, 3.8) is 0 Å². The summed E-state index contributed by atoms with van der Waals surface area (Å²) in [6, 6.07) is 3.99. The van der Waals surface area contributed by atoms with Crippen molar-refractivity contribution in [2.45, 2.75) is 74.8 Å². The van der Waals surface area contributed by atoms with Gasteiger partial charge in [-0.05, 0) is 55.0 Å². The molecule has 13 heteroatoms. The highest BCUT2D eigenvalue weighted by atomic mass is 19.4. The SMILES string of the molecule is COC[C@H]1CN(C(=O)[C@@]2(F)CCN(C3CCCC3)C2)C(c2cncc(F)c2)[C@@H]1c1ccc(C(F)(F)F)cc1N1CCC(C(=O)O)CC1. The highest BCUT2D eigenvalue weighted by molar-refractivity contribution is 5.87. The van der Waals surface area contributed by atoms with Crippen molar-refractivity contribution in [1.82, 2.24) is 14.8 Å². The van der Waals surface area contributed by atoms with Gasteiger partial charge in [-0.25, -0.2) is 8.78 Å². The van der Waals surface area contributed by atoms with Crippen LogP contribution >= 0.6 is 0 Å². The molecule has 1 N–H and O–H groups in total. The molecule has 1 saturated carbocycles. The van der Waals surface area contributed by atoms with Crippen LogP contribution < -0.4 is 4.90 Å². The summed E-state index contributed by atoms with van der Waals surface area (Å²) in [6.45, 7) is 1.01. The van der Waals surface area contributed by atoms with Crippen molar-refractivity contribution < 1.29 is 41.4 Å². The number of likely N-dealkylation sites (tertiary alicyclic amines) is 2. The molecule has 4 atom stereocenters. The predicted molar refractivity (Wildman–Crippen MR) is 163 cm³/mol. The van der Waals surface area contributed by atoms with E-state index in [4.69, 9.17) is 4.74 Å². The first kappa shape index (κ1) is 33.6. The van der Waals surface area contributed by atoms with Gasteiger partial charge in [-0.15, -0.1) is 0 Å². The molecule has 1 aliphatic carbocycles. The Labute approximate surface area is 270 Å². The van der Waals surface area contributed by atoms with Crippen LogP contribution in [0.5, 0.6) is 0 Å². The number of anilines is 1. The second-order valence-electron chi connectivity index (χ2n) is 13.6. The lowest BCUT2D eigenvalue weighted by atomic mass is 9.80. The molecule has 8 nitrogen and oxygen atoms in total. The number of benzene rings is 1. The van der Waals surface area contributed by atoms with E-state index in [2.05, 4.69) is 9.88 Å². The van der Waals surface area contributed by atoms with Crippen molar-refractivity contribution in [2.24, 2.45) is 11.8 Å². The van der Waals surface area contributed by atoms with Crippen molar-refractivity contribution >= 4 is 17.6 Å². The maximum Gasteiger partial charge on any atom is 0.416 e. The number of alkyl halides is 4. The van der Waals surface area contributed by atoms with E-state index in [1.165, 1.54) is 30.3 Å². The minimum Gasteiger partial charge on any atom is -0.481 e. The van der Waals surface area contributed by atoms with Gasteiger partial charge < -0.3 is 19.6 Å². The molecule has 2 aromatic rings. The van der Waals surface area contributed by atoms with E-state index < -0.39 is 58.9 Å². The van der Waals surface area contributed by atoms with Gasteiger partial charge in [0.1, 0.15) is 5.82 Å². The van der Waals surface area contributed by atoms with Gasteiger partial charge in [-0.2, -0.15) is 13.2 Å². The van der Waals surface area contributed by atoms with E-state index in [-0.39, 0.29) is 63.8 Å². The van der Waals surface area contributed by atoms with Crippen molar-refractivity contribution in [2.75, 3.05) is 51.3 Å². The Balaban J connectivity index is 1.43. The number of halogens is 5. The lowest BCUT2D eigenvalue weighted by Crippen LogP contribution is -2.48. The standard InChI is InChI=1S/C34H41F5N4O4/c1-47-19-23-18-43(32(46)33(36)10-13-42(20-33)26-4-2-3-5-26)30(22-14-25(35)17-40-16-22)29(23)27-7-6-24(34(37,38)39)15-28(27)41-11-8-21(9-12-41)31(44)45/h6-7,14-17,21,23,26,29-30H,2-5,8-13,18-20H2,1H3,(H,44,45)/t23-,29+,30?,33-/m1/s1. The lowest BCUT2D eigenvalue weighted by Gasteiger charge is -2.37. The normalized spacial score (nSPS) is 28.0. The Kier molecular flexibility index (Phi) is 9.50. The molecule has 256 valence electrons. The number of carbonyl (C=O) groups is 2. The number of pyridine rings is 1. The lowest BCUT2D eigenvalue weighted by molar-refractivity contribution is -0.145. The number of piperidine rings is 1. The van der Waals surface area contributed by atoms with Crippen LogP contribution in [0.15, 0.2) is 36.7 Å². The smallest absolute Gasteiger partial charge is 0.416 e. The highest BCUT2D eigenvalue weighted by Gasteiger charge is 2.55. The summed E-state index contributed by atoms with van der Waals surface area (Å²) in [7, 11) is 1.48. The van der Waals surface area contributed by atoms with Gasteiger partial charge in [0.05, 0.1) is 30.3 Å². The van der Waals surface area contributed by atoms with Crippen LogP contribution in [0.25, 0.3) is 0 Å². The van der Waals surface area contributed by atoms with Gasteiger partial charge in [0.15, 0.2) is 0 Å². The molecule has 0 radical (unpaired) electrons. The van der Waals surface area contributed by atoms with E-state index in [9.17, 15) is 32.3 Å². The van der Waals surface area contributed by atoms with Crippen LogP contribution in [-0.2, 0) is 20.5 Å². The number of carboxylic acid groups (broad SMARTS) is 1. The van der Waals surface area contributed by atoms with Crippen molar-refractivity contribution in [1.29, 1.82) is 0 Å². The van der Waals surface area contributed by atoms with E-state index in [0.29, 0.717) is 17.7 Å². The fraction of sp³-hybridized carbons (Fsp3) is 0.618. The Hall–Kier alpha value is -3.32. The summed E-state index contributed by atoms with van der Waals surface area (Å²) in [4.78, 5) is 35.3. The minimum absolute atomic E-state index is 0.0244. The maximum atomic E-state index is 16.8. The number of methoxy groups -OCH3 is 1. The zero-order valence-corrected chi connectivity index (χ0v) is 26.4. The molecule has 1 unspecified atom stereocenters. The quantitative estimate of drug-likeness (QED) is 0.356. The molecule has 4 aliphatic rings. The van der Waals surface area contributed by atoms with Crippen LogP contribution in [0, 0.1) is 17.7 Å². The zero-order chi connectivity index (χ0) is 33.5. The summed E-state index contributed by atoms with van der Waals surface area (Å²) < 4.78 is 79.3. The van der Waals surface area contributed by atoms with Crippen LogP contribution in [-0.4, -0.2) is 89.9 Å². The molecule has 3 aliphatic heterocycles. The molecule has 1 amide bonds. The van der Waals surface area contributed by atoms with Crippen LogP contribution in [0.1, 0.15) is 73.6 Å². The second kappa shape index (κ2) is 13.3. The predicted octanol–water partition coefficient (Wildman–Crippen LogP) is 5.83. The molecule has 4 heterocycles. The molecule has 4 fully saturated rings. The topological polar surface area (TPSA) is 86.2 Å². The van der Waals surface area contributed by atoms with Crippen LogP contribution in [0.3, 0.4) is 0 Å². The Bertz CT molecular complexity index is 1460. The number of nitrogens with zero attached hydrogens (tertiary/aromatic N) is 4. The summed E-state index contributed by atoms with van der Waals surface area (Å²) >= 11 is 0. The highest BCUT2D eigenvalue weighted by Crippen LogP contribution is 2.52. The first-order valence-electron chi connectivity index (χ1n) is 16.4. The van der Waals surface area contributed by atoms with E-state index in [1.807, 2.05) is 0 Å². The number of hydrogen-bond acceptors (Lipinski definition) is 6. The number of aromatic nitrogens is 1. The molecule has 47 heavy (non-hydrogen) atoms. The number of aliphatic carboxylic acids is 1. The third-order valence-corrected chi connectivity index (χ3v) is 10.7. The monoisotopic (exact) mass is 664 g/mol. The first-order valence-corrected chi connectivity index (χ1v) is 16.4. The van der Waals surface area contributed by atoms with E-state index in [0.717, 1.165) is 44.0 Å². The number of carbonyl (C=O) groups excluding carboxylic acids is 1. The first-order chi connectivity index (χ1) is 22.4. The number of hydrogen-bond donors (Lipinski definition) is 1. The van der Waals surface area contributed by atoms with Gasteiger partial charge in [0.25, 0.3) is 5.91 Å². The molecule has 0 spiro atoms. The average molecular weight is 665 g/mol. The molecule has 1 aromatic carbocycles. The molecule has 1 aromatic heterocycles. The minimum atomic E-state index is -4.64. The molecule has 6 rings (SSSR count). The molecular weight excluding hydrogens is 623 g/mol. The average Bonchev–Trinajstić information content (AvgIpc) is 3.80. The van der Waals surface area contributed by atoms with Gasteiger partial charge >= 0.3 is 12.1 Å². The summed E-state index contributed by atoms with van der Waals surface area (Å²) in [5.74, 6) is -4.10. The Morgan fingerprint density at radius 2 is 1.79 bits per heavy atom. The van der Waals surface area contributed by atoms with Gasteiger partial charge in [0, 0.05) is 76.0 Å². The summed E-state index contributed by atoms with van der Waals surface area (Å²) in [5, 5.41) is 9.53. The Morgan fingerprint density at radius 3 is 2.43 bits per heavy atom. The van der Waals surface area contributed by atoms with E-state index in [1.54, 1.807) is 4.90 Å². The third kappa shape index (κ3) is 6.70. The zero-order valence-electron chi connectivity index (χ0n) is 26.4. The van der Waals surface area contributed by atoms with Crippen molar-refractivity contribution in [3.05, 3.63) is 59.2 Å². The molecule has 0 bridgehead atoms. The second-order valence-corrected chi connectivity index (χ2v) is 13.6. The third-order valence-electron chi connectivity index (χ3n) is 10.7. The maximum absolute atomic E-state index is 16.8. The fourth-order valence-electron chi connectivity index (χ4n) is 8.37. The number of carboxylic acids is 1. The Morgan fingerprint density at radius 1 is 1.06 bits per heavy atom. The number of amides is 1.